The monoisotopic (exact) mass is 324 g/mol. The normalized spacial score (nSPS) is 21.9. The van der Waals surface area contributed by atoms with Gasteiger partial charge in [0.2, 0.25) is 5.92 Å². The van der Waals surface area contributed by atoms with Crippen molar-refractivity contribution in [3.8, 4) is 5.75 Å². The van der Waals surface area contributed by atoms with E-state index in [1.165, 1.54) is 12.1 Å². The number of rotatable bonds is 4. The Kier molecular flexibility index (Phi) is 4.25. The first kappa shape index (κ1) is 15.5. The van der Waals surface area contributed by atoms with E-state index in [4.69, 9.17) is 15.4 Å². The highest BCUT2D eigenvalue weighted by Crippen LogP contribution is 2.39. The van der Waals surface area contributed by atoms with Gasteiger partial charge >= 0.3 is 0 Å². The number of aryl methyl sites for hydroxylation is 1. The SMILES string of the molecule is Cc1cc(OCC2CCC(F)(F)C2)ccc1S(=O)(=O)Cl. The van der Waals surface area contributed by atoms with Crippen molar-refractivity contribution in [3.63, 3.8) is 0 Å². The van der Waals surface area contributed by atoms with E-state index in [-0.39, 0.29) is 30.3 Å². The molecule has 0 N–H and O–H groups in total. The molecule has 112 valence electrons. The van der Waals surface area contributed by atoms with E-state index in [9.17, 15) is 17.2 Å². The van der Waals surface area contributed by atoms with Gasteiger partial charge in [0, 0.05) is 23.5 Å². The second-order valence-corrected chi connectivity index (χ2v) is 7.68. The average molecular weight is 325 g/mol. The topological polar surface area (TPSA) is 43.4 Å². The largest absolute Gasteiger partial charge is 0.493 e. The van der Waals surface area contributed by atoms with Crippen LogP contribution in [0.2, 0.25) is 0 Å². The molecule has 0 bridgehead atoms. The van der Waals surface area contributed by atoms with E-state index in [2.05, 4.69) is 0 Å². The zero-order valence-corrected chi connectivity index (χ0v) is 12.5. The second kappa shape index (κ2) is 5.48. The fourth-order valence-corrected chi connectivity index (χ4v) is 3.58. The van der Waals surface area contributed by atoms with Gasteiger partial charge in [-0.3, -0.25) is 0 Å². The van der Waals surface area contributed by atoms with Crippen LogP contribution in [0.4, 0.5) is 8.78 Å². The number of ether oxygens (including phenoxy) is 1. The highest BCUT2D eigenvalue weighted by atomic mass is 35.7. The van der Waals surface area contributed by atoms with E-state index < -0.39 is 15.0 Å². The zero-order chi connectivity index (χ0) is 15.0. The molecule has 1 fully saturated rings. The molecule has 2 rings (SSSR count). The molecule has 0 aliphatic heterocycles. The van der Waals surface area contributed by atoms with Crippen LogP contribution in [-0.4, -0.2) is 20.9 Å². The minimum Gasteiger partial charge on any atom is -0.493 e. The van der Waals surface area contributed by atoms with Gasteiger partial charge in [-0.1, -0.05) is 0 Å². The van der Waals surface area contributed by atoms with Crippen molar-refractivity contribution in [2.75, 3.05) is 6.61 Å². The maximum atomic E-state index is 13.0. The molecule has 0 amide bonds. The van der Waals surface area contributed by atoms with Gasteiger partial charge in [-0.2, -0.15) is 0 Å². The Morgan fingerprint density at radius 3 is 2.65 bits per heavy atom. The summed E-state index contributed by atoms with van der Waals surface area (Å²) >= 11 is 0. The highest BCUT2D eigenvalue weighted by molar-refractivity contribution is 8.13. The number of halogens is 3. The van der Waals surface area contributed by atoms with Crippen LogP contribution < -0.4 is 4.74 Å². The van der Waals surface area contributed by atoms with Crippen molar-refractivity contribution in [3.05, 3.63) is 23.8 Å². The van der Waals surface area contributed by atoms with Crippen LogP contribution in [0.15, 0.2) is 23.1 Å². The smallest absolute Gasteiger partial charge is 0.261 e. The predicted octanol–water partition coefficient (Wildman–Crippen LogP) is 3.74. The first-order valence-electron chi connectivity index (χ1n) is 6.23. The summed E-state index contributed by atoms with van der Waals surface area (Å²) in [7, 11) is 1.50. The Morgan fingerprint density at radius 2 is 2.15 bits per heavy atom. The third-order valence-electron chi connectivity index (χ3n) is 3.40. The first-order valence-corrected chi connectivity index (χ1v) is 8.54. The van der Waals surface area contributed by atoms with E-state index in [0.29, 0.717) is 17.7 Å². The predicted molar refractivity (Wildman–Crippen MR) is 72.0 cm³/mol. The molecule has 1 aromatic rings. The summed E-state index contributed by atoms with van der Waals surface area (Å²) in [5.41, 5.74) is 0.467. The van der Waals surface area contributed by atoms with Gasteiger partial charge in [0.05, 0.1) is 11.5 Å². The summed E-state index contributed by atoms with van der Waals surface area (Å²) in [5, 5.41) is 0. The van der Waals surface area contributed by atoms with Gasteiger partial charge in [0.15, 0.2) is 0 Å². The molecular formula is C13H15ClF2O3S. The molecule has 0 radical (unpaired) electrons. The maximum Gasteiger partial charge on any atom is 0.261 e. The summed E-state index contributed by atoms with van der Waals surface area (Å²) in [5.74, 6) is -2.29. The first-order chi connectivity index (χ1) is 9.17. The number of alkyl halides is 2. The van der Waals surface area contributed by atoms with E-state index >= 15 is 0 Å². The third-order valence-corrected chi connectivity index (χ3v) is 4.88. The number of hydrogen-bond acceptors (Lipinski definition) is 3. The van der Waals surface area contributed by atoms with Crippen molar-refractivity contribution in [1.82, 2.24) is 0 Å². The van der Waals surface area contributed by atoms with Crippen LogP contribution in [0.25, 0.3) is 0 Å². The fraction of sp³-hybridized carbons (Fsp3) is 0.538. The van der Waals surface area contributed by atoms with Gasteiger partial charge in [-0.25, -0.2) is 17.2 Å². The molecular weight excluding hydrogens is 310 g/mol. The van der Waals surface area contributed by atoms with Crippen LogP contribution in [0.1, 0.15) is 24.8 Å². The van der Waals surface area contributed by atoms with Crippen molar-refractivity contribution >= 4 is 19.7 Å². The molecule has 3 nitrogen and oxygen atoms in total. The standard InChI is InChI=1S/C13H15ClF2O3S/c1-9-6-11(2-3-12(9)20(14,17)18)19-8-10-4-5-13(15,16)7-10/h2-3,6,10H,4-5,7-8H2,1H3. The molecule has 0 heterocycles. The zero-order valence-electron chi connectivity index (χ0n) is 10.9. The molecule has 0 saturated heterocycles. The van der Waals surface area contributed by atoms with E-state index in [0.717, 1.165) is 0 Å². The van der Waals surface area contributed by atoms with Crippen molar-refractivity contribution < 1.29 is 21.9 Å². The molecule has 20 heavy (non-hydrogen) atoms. The fourth-order valence-electron chi connectivity index (χ4n) is 2.38. The third kappa shape index (κ3) is 3.82. The summed E-state index contributed by atoms with van der Waals surface area (Å²) in [6.07, 6.45) is 0.198. The van der Waals surface area contributed by atoms with Gasteiger partial charge in [0.25, 0.3) is 9.05 Å². The molecule has 1 unspecified atom stereocenters. The van der Waals surface area contributed by atoms with Crippen LogP contribution in [0.5, 0.6) is 5.75 Å². The summed E-state index contributed by atoms with van der Waals surface area (Å²) in [6.45, 7) is 1.81. The Labute approximate surface area is 121 Å². The summed E-state index contributed by atoms with van der Waals surface area (Å²) < 4.78 is 54.0. The Hall–Kier alpha value is -0.880. The molecule has 1 saturated carbocycles. The van der Waals surface area contributed by atoms with Gasteiger partial charge in [-0.05, 0) is 43.0 Å². The Morgan fingerprint density at radius 1 is 1.45 bits per heavy atom. The molecule has 1 aromatic carbocycles. The van der Waals surface area contributed by atoms with E-state index in [1.807, 2.05) is 0 Å². The van der Waals surface area contributed by atoms with Crippen molar-refractivity contribution in [2.24, 2.45) is 5.92 Å². The van der Waals surface area contributed by atoms with Crippen LogP contribution in [0, 0.1) is 12.8 Å². The van der Waals surface area contributed by atoms with Crippen LogP contribution in [0.3, 0.4) is 0 Å². The molecule has 0 spiro atoms. The lowest BCUT2D eigenvalue weighted by Gasteiger charge is -2.13. The number of benzene rings is 1. The lowest BCUT2D eigenvalue weighted by Crippen LogP contribution is -2.14. The molecule has 0 aromatic heterocycles. The maximum absolute atomic E-state index is 13.0. The molecule has 1 atom stereocenters. The van der Waals surface area contributed by atoms with Crippen molar-refractivity contribution in [2.45, 2.75) is 37.0 Å². The number of hydrogen-bond donors (Lipinski definition) is 0. The van der Waals surface area contributed by atoms with Crippen molar-refractivity contribution in [1.29, 1.82) is 0 Å². The van der Waals surface area contributed by atoms with Gasteiger partial charge in [0.1, 0.15) is 5.75 Å². The lowest BCUT2D eigenvalue weighted by atomic mass is 10.1. The molecule has 7 heteroatoms. The average Bonchev–Trinajstić information content (AvgIpc) is 2.65. The summed E-state index contributed by atoms with van der Waals surface area (Å²) in [6, 6.07) is 4.38. The van der Waals surface area contributed by atoms with Gasteiger partial charge < -0.3 is 4.74 Å². The van der Waals surface area contributed by atoms with E-state index in [1.54, 1.807) is 13.0 Å². The molecule has 1 aliphatic rings. The Balaban J connectivity index is 2.00. The highest BCUT2D eigenvalue weighted by Gasteiger charge is 2.39. The summed E-state index contributed by atoms with van der Waals surface area (Å²) in [4.78, 5) is 0.0268. The minimum absolute atomic E-state index is 0.0268. The second-order valence-electron chi connectivity index (χ2n) is 5.14. The lowest BCUT2D eigenvalue weighted by molar-refractivity contribution is 0.00291. The minimum atomic E-state index is -3.78. The van der Waals surface area contributed by atoms with Crippen LogP contribution >= 0.6 is 10.7 Å². The van der Waals surface area contributed by atoms with Gasteiger partial charge in [-0.15, -0.1) is 0 Å². The molecule has 1 aliphatic carbocycles. The quantitative estimate of drug-likeness (QED) is 0.792. The Bertz CT molecular complexity index is 602. The van der Waals surface area contributed by atoms with Crippen LogP contribution in [-0.2, 0) is 9.05 Å².